The third-order valence-electron chi connectivity index (χ3n) is 3.63. The zero-order valence-corrected chi connectivity index (χ0v) is 12.1. The van der Waals surface area contributed by atoms with Gasteiger partial charge in [-0.3, -0.25) is 9.69 Å². The van der Waals surface area contributed by atoms with E-state index < -0.39 is 0 Å². The topological polar surface area (TPSA) is 78.5 Å². The van der Waals surface area contributed by atoms with Crippen molar-refractivity contribution in [2.75, 3.05) is 26.4 Å². The van der Waals surface area contributed by atoms with Gasteiger partial charge in [0.2, 0.25) is 0 Å². The molecule has 2 heterocycles. The number of fused-ring (bicyclic) bond motifs is 1. The van der Waals surface area contributed by atoms with E-state index in [9.17, 15) is 9.90 Å². The molecule has 6 nitrogen and oxygen atoms in total. The van der Waals surface area contributed by atoms with Gasteiger partial charge in [0, 0.05) is 11.6 Å². The molecule has 0 bridgehead atoms. The first-order valence-electron chi connectivity index (χ1n) is 6.78. The molecule has 0 spiro atoms. The number of H-pyrrole nitrogens is 1. The third-order valence-corrected chi connectivity index (χ3v) is 3.86. The van der Waals surface area contributed by atoms with E-state index >= 15 is 0 Å². The summed E-state index contributed by atoms with van der Waals surface area (Å²) in [6, 6.07) is 4.99. The van der Waals surface area contributed by atoms with Gasteiger partial charge in [-0.15, -0.1) is 0 Å². The summed E-state index contributed by atoms with van der Waals surface area (Å²) in [7, 11) is 0. The van der Waals surface area contributed by atoms with Crippen LogP contribution in [0, 0.1) is 0 Å². The molecular formula is C14H16ClN3O3. The Bertz CT molecular complexity index is 703. The Labute approximate surface area is 126 Å². The number of hydrogen-bond donors (Lipinski definition) is 2. The Morgan fingerprint density at radius 2 is 2.38 bits per heavy atom. The smallest absolute Gasteiger partial charge is 0.258 e. The zero-order chi connectivity index (χ0) is 14.8. The molecule has 0 aliphatic carbocycles. The van der Waals surface area contributed by atoms with E-state index in [1.165, 1.54) is 0 Å². The first-order chi connectivity index (χ1) is 10.2. The second-order valence-corrected chi connectivity index (χ2v) is 5.49. The fraction of sp³-hybridized carbons (Fsp3) is 0.429. The highest BCUT2D eigenvalue weighted by atomic mass is 35.5. The number of rotatable bonds is 3. The van der Waals surface area contributed by atoms with E-state index in [0.717, 1.165) is 0 Å². The van der Waals surface area contributed by atoms with Gasteiger partial charge in [-0.05, 0) is 18.2 Å². The molecule has 1 atom stereocenters. The average molecular weight is 310 g/mol. The molecule has 1 fully saturated rings. The molecular weight excluding hydrogens is 294 g/mol. The summed E-state index contributed by atoms with van der Waals surface area (Å²) in [5, 5.41) is 10.4. The van der Waals surface area contributed by atoms with Crippen molar-refractivity contribution in [2.45, 2.75) is 12.6 Å². The van der Waals surface area contributed by atoms with Gasteiger partial charge in [-0.1, -0.05) is 11.6 Å². The van der Waals surface area contributed by atoms with Crippen molar-refractivity contribution in [3.63, 3.8) is 0 Å². The molecule has 1 aromatic carbocycles. The lowest BCUT2D eigenvalue weighted by molar-refractivity contribution is -0.0322. The molecule has 112 valence electrons. The molecule has 2 N–H and O–H groups in total. The fourth-order valence-electron chi connectivity index (χ4n) is 2.49. The van der Waals surface area contributed by atoms with Crippen LogP contribution in [0.25, 0.3) is 10.9 Å². The molecule has 1 aliphatic rings. The van der Waals surface area contributed by atoms with E-state index in [0.29, 0.717) is 48.1 Å². The van der Waals surface area contributed by atoms with E-state index in [1.807, 2.05) is 0 Å². The summed E-state index contributed by atoms with van der Waals surface area (Å²) in [5.41, 5.74) is 0.415. The molecule has 1 unspecified atom stereocenters. The van der Waals surface area contributed by atoms with Crippen molar-refractivity contribution in [3.05, 3.63) is 39.4 Å². The predicted molar refractivity (Wildman–Crippen MR) is 79.5 cm³/mol. The van der Waals surface area contributed by atoms with Gasteiger partial charge in [0.05, 0.1) is 43.3 Å². The molecule has 1 saturated heterocycles. The maximum atomic E-state index is 12.1. The van der Waals surface area contributed by atoms with Gasteiger partial charge in [0.1, 0.15) is 5.82 Å². The number of nitrogens with zero attached hydrogens (tertiary/aromatic N) is 2. The minimum absolute atomic E-state index is 0.0213. The Balaban J connectivity index is 1.90. The van der Waals surface area contributed by atoms with Crippen molar-refractivity contribution in [2.24, 2.45) is 0 Å². The Kier molecular flexibility index (Phi) is 4.21. The molecule has 0 saturated carbocycles. The summed E-state index contributed by atoms with van der Waals surface area (Å²) in [6.07, 6.45) is 0. The van der Waals surface area contributed by atoms with Crippen LogP contribution in [0.5, 0.6) is 0 Å². The number of aliphatic hydroxyl groups excluding tert-OH is 1. The number of aliphatic hydroxyl groups is 1. The maximum absolute atomic E-state index is 12.1. The second-order valence-electron chi connectivity index (χ2n) is 5.06. The lowest BCUT2D eigenvalue weighted by atomic mass is 10.2. The van der Waals surface area contributed by atoms with Crippen LogP contribution in [-0.4, -0.2) is 52.4 Å². The molecule has 1 aromatic heterocycles. The Morgan fingerprint density at radius 3 is 3.19 bits per heavy atom. The quantitative estimate of drug-likeness (QED) is 0.875. The SMILES string of the molecule is O=c1[nH]c(CN2CCOCC2CO)nc2ccc(Cl)cc12. The normalized spacial score (nSPS) is 20.0. The van der Waals surface area contributed by atoms with E-state index in [-0.39, 0.29) is 18.2 Å². The van der Waals surface area contributed by atoms with E-state index in [4.69, 9.17) is 16.3 Å². The third kappa shape index (κ3) is 3.08. The Morgan fingerprint density at radius 1 is 1.52 bits per heavy atom. The monoisotopic (exact) mass is 309 g/mol. The number of nitrogens with one attached hydrogen (secondary N) is 1. The summed E-state index contributed by atoms with van der Waals surface area (Å²) in [4.78, 5) is 21.4. The molecule has 0 amide bonds. The van der Waals surface area contributed by atoms with Crippen LogP contribution in [0.1, 0.15) is 5.82 Å². The van der Waals surface area contributed by atoms with Gasteiger partial charge in [-0.2, -0.15) is 0 Å². The first kappa shape index (κ1) is 14.5. The van der Waals surface area contributed by atoms with Crippen LogP contribution in [0.2, 0.25) is 5.02 Å². The minimum atomic E-state index is -0.202. The highest BCUT2D eigenvalue weighted by molar-refractivity contribution is 6.31. The minimum Gasteiger partial charge on any atom is -0.395 e. The van der Waals surface area contributed by atoms with Crippen LogP contribution in [0.15, 0.2) is 23.0 Å². The van der Waals surface area contributed by atoms with Crippen LogP contribution >= 0.6 is 11.6 Å². The van der Waals surface area contributed by atoms with Crippen molar-refractivity contribution in [3.8, 4) is 0 Å². The molecule has 7 heteroatoms. The van der Waals surface area contributed by atoms with Crippen LogP contribution in [0.4, 0.5) is 0 Å². The fourth-order valence-corrected chi connectivity index (χ4v) is 2.66. The van der Waals surface area contributed by atoms with Crippen molar-refractivity contribution in [1.82, 2.24) is 14.9 Å². The number of aromatic amines is 1. The largest absolute Gasteiger partial charge is 0.395 e. The number of benzene rings is 1. The number of ether oxygens (including phenoxy) is 1. The molecule has 2 aromatic rings. The lowest BCUT2D eigenvalue weighted by Gasteiger charge is -2.33. The summed E-state index contributed by atoms with van der Waals surface area (Å²) < 4.78 is 5.34. The average Bonchev–Trinajstić information content (AvgIpc) is 2.49. The maximum Gasteiger partial charge on any atom is 0.258 e. The van der Waals surface area contributed by atoms with Crippen LogP contribution in [0.3, 0.4) is 0 Å². The number of aromatic nitrogens is 2. The van der Waals surface area contributed by atoms with Gasteiger partial charge in [0.15, 0.2) is 0 Å². The van der Waals surface area contributed by atoms with E-state index in [2.05, 4.69) is 14.9 Å². The van der Waals surface area contributed by atoms with Crippen LogP contribution < -0.4 is 5.56 Å². The summed E-state index contributed by atoms with van der Waals surface area (Å²) in [5.74, 6) is 0.579. The lowest BCUT2D eigenvalue weighted by Crippen LogP contribution is -2.47. The molecule has 3 rings (SSSR count). The first-order valence-corrected chi connectivity index (χ1v) is 7.16. The van der Waals surface area contributed by atoms with Crippen LogP contribution in [-0.2, 0) is 11.3 Å². The zero-order valence-electron chi connectivity index (χ0n) is 11.4. The van der Waals surface area contributed by atoms with Gasteiger partial charge >= 0.3 is 0 Å². The Hall–Kier alpha value is -1.47. The van der Waals surface area contributed by atoms with E-state index in [1.54, 1.807) is 18.2 Å². The van der Waals surface area contributed by atoms with Gasteiger partial charge in [0.25, 0.3) is 5.56 Å². The predicted octanol–water partition coefficient (Wildman–Crippen LogP) is 0.770. The second kappa shape index (κ2) is 6.11. The van der Waals surface area contributed by atoms with Crippen molar-refractivity contribution in [1.29, 1.82) is 0 Å². The number of hydrogen-bond acceptors (Lipinski definition) is 5. The summed E-state index contributed by atoms with van der Waals surface area (Å²) >= 11 is 5.89. The number of morpholine rings is 1. The van der Waals surface area contributed by atoms with Crippen molar-refractivity contribution < 1.29 is 9.84 Å². The molecule has 1 aliphatic heterocycles. The summed E-state index contributed by atoms with van der Waals surface area (Å²) in [6.45, 7) is 2.30. The standard InChI is InChI=1S/C14H16ClN3O3/c15-9-1-2-12-11(5-9)14(20)17-13(16-12)6-18-3-4-21-8-10(18)7-19/h1-2,5,10,19H,3-4,6-8H2,(H,16,17,20). The molecule has 0 radical (unpaired) electrons. The van der Waals surface area contributed by atoms with Gasteiger partial charge in [-0.25, -0.2) is 4.98 Å². The number of halogens is 1. The highest BCUT2D eigenvalue weighted by Crippen LogP contribution is 2.15. The van der Waals surface area contributed by atoms with Gasteiger partial charge < -0.3 is 14.8 Å². The van der Waals surface area contributed by atoms with Crippen molar-refractivity contribution >= 4 is 22.5 Å². The highest BCUT2D eigenvalue weighted by Gasteiger charge is 2.23. The molecule has 21 heavy (non-hydrogen) atoms.